The summed E-state index contributed by atoms with van der Waals surface area (Å²) in [5, 5.41) is 0. The lowest BCUT2D eigenvalue weighted by Gasteiger charge is -2.15. The zero-order chi connectivity index (χ0) is 12.8. The van der Waals surface area contributed by atoms with Gasteiger partial charge in [-0.3, -0.25) is 0 Å². The van der Waals surface area contributed by atoms with Crippen LogP contribution in [0.1, 0.15) is 50.7 Å². The lowest BCUT2D eigenvalue weighted by atomic mass is 10.0. The fourth-order valence-corrected chi connectivity index (χ4v) is 1.78. The van der Waals surface area contributed by atoms with Gasteiger partial charge in [0.1, 0.15) is 12.4 Å². The average molecular weight is 235 g/mol. The molecule has 1 atom stereocenters. The Balaban J connectivity index is 2.66. The van der Waals surface area contributed by atoms with Crippen molar-refractivity contribution in [3.8, 4) is 5.75 Å². The third-order valence-electron chi connectivity index (χ3n) is 2.99. The highest BCUT2D eigenvalue weighted by molar-refractivity contribution is 5.37. The maximum Gasteiger partial charge on any atom is 0.122 e. The summed E-state index contributed by atoms with van der Waals surface area (Å²) in [4.78, 5) is 0. The monoisotopic (exact) mass is 235 g/mol. The summed E-state index contributed by atoms with van der Waals surface area (Å²) in [6.07, 6.45) is 2.12. The minimum Gasteiger partial charge on any atom is -0.492 e. The molecule has 0 aliphatic heterocycles. The molecule has 17 heavy (non-hydrogen) atoms. The second-order valence-electron chi connectivity index (χ2n) is 5.04. The molecule has 1 rings (SSSR count). The fourth-order valence-electron chi connectivity index (χ4n) is 1.78. The Morgan fingerprint density at radius 2 is 2.00 bits per heavy atom. The molecule has 0 spiro atoms. The van der Waals surface area contributed by atoms with Gasteiger partial charge in [-0.15, -0.1) is 0 Å². The van der Waals surface area contributed by atoms with Gasteiger partial charge >= 0.3 is 0 Å². The van der Waals surface area contributed by atoms with E-state index >= 15 is 0 Å². The summed E-state index contributed by atoms with van der Waals surface area (Å²) < 4.78 is 5.82. The predicted octanol–water partition coefficient (Wildman–Crippen LogP) is 3.62. The Labute approximate surface area is 105 Å². The highest BCUT2D eigenvalue weighted by Gasteiger charge is 2.07. The largest absolute Gasteiger partial charge is 0.492 e. The van der Waals surface area contributed by atoms with Gasteiger partial charge < -0.3 is 10.5 Å². The number of hydrogen-bond donors (Lipinski definition) is 1. The molecule has 0 aromatic heterocycles. The molecule has 0 aliphatic rings. The Hall–Kier alpha value is -1.02. The number of hydrogen-bond acceptors (Lipinski definition) is 2. The summed E-state index contributed by atoms with van der Waals surface area (Å²) in [5.74, 6) is 1.50. The van der Waals surface area contributed by atoms with E-state index in [1.54, 1.807) is 0 Å². The summed E-state index contributed by atoms with van der Waals surface area (Å²) in [6.45, 7) is 9.21. The van der Waals surface area contributed by atoms with Gasteiger partial charge in [-0.05, 0) is 36.5 Å². The van der Waals surface area contributed by atoms with Crippen LogP contribution >= 0.6 is 0 Å². The smallest absolute Gasteiger partial charge is 0.122 e. The summed E-state index contributed by atoms with van der Waals surface area (Å²) in [7, 11) is 0. The van der Waals surface area contributed by atoms with E-state index in [9.17, 15) is 0 Å². The third kappa shape index (κ3) is 4.39. The molecule has 0 fully saturated rings. The molecule has 1 aromatic rings. The van der Waals surface area contributed by atoms with Crippen molar-refractivity contribution in [2.24, 2.45) is 5.73 Å². The lowest BCUT2D eigenvalue weighted by molar-refractivity contribution is 0.279. The van der Waals surface area contributed by atoms with Crippen molar-refractivity contribution in [2.45, 2.75) is 52.5 Å². The van der Waals surface area contributed by atoms with Crippen molar-refractivity contribution in [2.75, 3.05) is 6.61 Å². The Morgan fingerprint density at radius 1 is 1.29 bits per heavy atom. The summed E-state index contributed by atoms with van der Waals surface area (Å²) in [5.41, 5.74) is 8.45. The predicted molar refractivity (Wildman–Crippen MR) is 73.6 cm³/mol. The highest BCUT2D eigenvalue weighted by atomic mass is 16.5. The van der Waals surface area contributed by atoms with Crippen LogP contribution in [0.3, 0.4) is 0 Å². The molecule has 2 heteroatoms. The van der Waals surface area contributed by atoms with E-state index in [2.05, 4.69) is 45.9 Å². The molecule has 2 nitrogen and oxygen atoms in total. The zero-order valence-corrected chi connectivity index (χ0v) is 11.5. The van der Waals surface area contributed by atoms with E-state index in [0.29, 0.717) is 12.5 Å². The zero-order valence-electron chi connectivity index (χ0n) is 11.5. The molecule has 0 saturated carbocycles. The number of benzene rings is 1. The number of nitrogens with two attached hydrogens (primary N) is 1. The van der Waals surface area contributed by atoms with Crippen LogP contribution in [0.2, 0.25) is 0 Å². The first-order chi connectivity index (χ1) is 8.04. The van der Waals surface area contributed by atoms with Crippen LogP contribution in [-0.2, 0) is 0 Å². The van der Waals surface area contributed by atoms with E-state index in [-0.39, 0.29) is 6.04 Å². The minimum absolute atomic E-state index is 0.141. The Morgan fingerprint density at radius 3 is 2.59 bits per heavy atom. The van der Waals surface area contributed by atoms with Gasteiger partial charge in [0.15, 0.2) is 0 Å². The first-order valence-corrected chi connectivity index (χ1v) is 6.53. The first-order valence-electron chi connectivity index (χ1n) is 6.53. The summed E-state index contributed by atoms with van der Waals surface area (Å²) in [6, 6.07) is 6.56. The van der Waals surface area contributed by atoms with Gasteiger partial charge in [-0.2, -0.15) is 0 Å². The molecule has 0 saturated heterocycles. The topological polar surface area (TPSA) is 35.2 Å². The van der Waals surface area contributed by atoms with Gasteiger partial charge in [0.05, 0.1) is 0 Å². The summed E-state index contributed by atoms with van der Waals surface area (Å²) >= 11 is 0. The molecular formula is C15H25NO. The van der Waals surface area contributed by atoms with Crippen LogP contribution in [0.15, 0.2) is 18.2 Å². The van der Waals surface area contributed by atoms with Crippen molar-refractivity contribution in [3.63, 3.8) is 0 Å². The number of rotatable bonds is 6. The van der Waals surface area contributed by atoms with Crippen LogP contribution in [0.4, 0.5) is 0 Å². The Bertz CT molecular complexity index is 347. The SMILES string of the molecule is CCCC(N)COc1cc(C(C)C)ccc1C. The van der Waals surface area contributed by atoms with E-state index in [1.807, 2.05) is 0 Å². The second kappa shape index (κ2) is 6.65. The van der Waals surface area contributed by atoms with Crippen LogP contribution in [-0.4, -0.2) is 12.6 Å². The van der Waals surface area contributed by atoms with Gasteiger partial charge in [0, 0.05) is 6.04 Å². The number of aryl methyl sites for hydroxylation is 1. The van der Waals surface area contributed by atoms with E-state index < -0.39 is 0 Å². The van der Waals surface area contributed by atoms with E-state index in [1.165, 1.54) is 11.1 Å². The first kappa shape index (κ1) is 14.0. The normalized spacial score (nSPS) is 12.8. The Kier molecular flexibility index (Phi) is 5.49. The van der Waals surface area contributed by atoms with Crippen LogP contribution in [0.25, 0.3) is 0 Å². The van der Waals surface area contributed by atoms with Crippen LogP contribution in [0.5, 0.6) is 5.75 Å². The molecule has 1 aromatic carbocycles. The van der Waals surface area contributed by atoms with Gasteiger partial charge in [-0.1, -0.05) is 39.3 Å². The molecule has 0 aliphatic carbocycles. The molecular weight excluding hydrogens is 210 g/mol. The fraction of sp³-hybridized carbons (Fsp3) is 0.600. The van der Waals surface area contributed by atoms with Crippen molar-refractivity contribution in [1.82, 2.24) is 0 Å². The van der Waals surface area contributed by atoms with Gasteiger partial charge in [0.25, 0.3) is 0 Å². The van der Waals surface area contributed by atoms with Crippen molar-refractivity contribution in [1.29, 1.82) is 0 Å². The van der Waals surface area contributed by atoms with Crippen LogP contribution in [0, 0.1) is 6.92 Å². The number of ether oxygens (including phenoxy) is 1. The van der Waals surface area contributed by atoms with E-state index in [4.69, 9.17) is 10.5 Å². The van der Waals surface area contributed by atoms with Crippen molar-refractivity contribution in [3.05, 3.63) is 29.3 Å². The standard InChI is InChI=1S/C15H25NO/c1-5-6-14(16)10-17-15-9-13(11(2)3)8-7-12(15)4/h7-9,11,14H,5-6,10,16H2,1-4H3. The quantitative estimate of drug-likeness (QED) is 0.817. The van der Waals surface area contributed by atoms with Gasteiger partial charge in [0.2, 0.25) is 0 Å². The average Bonchev–Trinajstić information content (AvgIpc) is 2.28. The molecule has 0 amide bonds. The molecule has 0 radical (unpaired) electrons. The molecule has 0 bridgehead atoms. The van der Waals surface area contributed by atoms with Crippen molar-refractivity contribution >= 4 is 0 Å². The maximum atomic E-state index is 5.95. The maximum absolute atomic E-state index is 5.95. The third-order valence-corrected chi connectivity index (χ3v) is 2.99. The molecule has 96 valence electrons. The van der Waals surface area contributed by atoms with Gasteiger partial charge in [-0.25, -0.2) is 0 Å². The molecule has 1 unspecified atom stereocenters. The van der Waals surface area contributed by atoms with Crippen molar-refractivity contribution < 1.29 is 4.74 Å². The van der Waals surface area contributed by atoms with E-state index in [0.717, 1.165) is 18.6 Å². The highest BCUT2D eigenvalue weighted by Crippen LogP contribution is 2.24. The van der Waals surface area contributed by atoms with Crippen LogP contribution < -0.4 is 10.5 Å². The second-order valence-corrected chi connectivity index (χ2v) is 5.04. The molecule has 2 N–H and O–H groups in total. The lowest BCUT2D eigenvalue weighted by Crippen LogP contribution is -2.27. The minimum atomic E-state index is 0.141. The molecule has 0 heterocycles.